The minimum Gasteiger partial charge on any atom is -0.363 e. The van der Waals surface area contributed by atoms with Crippen LogP contribution in [0.1, 0.15) is 41.7 Å². The average molecular weight is 436 g/mol. The molecule has 1 fully saturated rings. The molecule has 0 unspecified atom stereocenters. The number of hydrogen-bond donors (Lipinski definition) is 2. The predicted molar refractivity (Wildman–Crippen MR) is 119 cm³/mol. The molecule has 29 heavy (non-hydrogen) atoms. The normalized spacial score (nSPS) is 18.9. The van der Waals surface area contributed by atoms with E-state index in [1.54, 1.807) is 18.2 Å². The van der Waals surface area contributed by atoms with Crippen LogP contribution < -0.4 is 15.5 Å². The van der Waals surface area contributed by atoms with Crippen LogP contribution in [0.4, 0.5) is 11.8 Å². The first kappa shape index (κ1) is 21.7. The number of carbonyl (C=O) groups excluding carboxylic acids is 1. The summed E-state index contributed by atoms with van der Waals surface area (Å²) < 4.78 is 0. The molecule has 1 heterocycles. The molecule has 1 aliphatic rings. The van der Waals surface area contributed by atoms with E-state index in [4.69, 9.17) is 23.2 Å². The molecule has 1 saturated carbocycles. The van der Waals surface area contributed by atoms with Gasteiger partial charge >= 0.3 is 0 Å². The Labute approximate surface area is 182 Å². The van der Waals surface area contributed by atoms with Gasteiger partial charge in [-0.15, -0.1) is 0 Å². The van der Waals surface area contributed by atoms with E-state index in [1.807, 2.05) is 32.0 Å². The van der Waals surface area contributed by atoms with Gasteiger partial charge in [0.05, 0.1) is 0 Å². The van der Waals surface area contributed by atoms with E-state index in [9.17, 15) is 4.79 Å². The highest BCUT2D eigenvalue weighted by atomic mass is 35.5. The fourth-order valence-corrected chi connectivity index (χ4v) is 4.09. The summed E-state index contributed by atoms with van der Waals surface area (Å²) in [6.45, 7) is 2.81. The maximum absolute atomic E-state index is 12.5. The molecular weight excluding hydrogens is 409 g/mol. The fraction of sp³-hybridized carbons (Fsp3) is 0.476. The second-order valence-corrected chi connectivity index (χ2v) is 8.69. The van der Waals surface area contributed by atoms with Crippen LogP contribution in [-0.4, -0.2) is 42.6 Å². The van der Waals surface area contributed by atoms with Crippen LogP contribution in [0.3, 0.4) is 0 Å². The summed E-state index contributed by atoms with van der Waals surface area (Å²) >= 11 is 12.0. The van der Waals surface area contributed by atoms with Crippen LogP contribution in [0.2, 0.25) is 10.0 Å². The molecule has 0 spiro atoms. The van der Waals surface area contributed by atoms with Gasteiger partial charge in [-0.05, 0) is 56.7 Å². The number of nitrogens with one attached hydrogen (secondary N) is 2. The molecule has 0 bridgehead atoms. The SMILES string of the molecule is Cc1cc(N(C)C)nc(NC[C@H]2CC[C@@H](NC(=O)c3cc(Cl)cc(Cl)c3)CC2)n1. The van der Waals surface area contributed by atoms with E-state index >= 15 is 0 Å². The first-order valence-electron chi connectivity index (χ1n) is 9.84. The maximum atomic E-state index is 12.5. The minimum absolute atomic E-state index is 0.125. The molecule has 156 valence electrons. The number of nitrogens with zero attached hydrogens (tertiary/aromatic N) is 3. The summed E-state index contributed by atoms with van der Waals surface area (Å²) in [5, 5.41) is 7.42. The van der Waals surface area contributed by atoms with E-state index in [0.29, 0.717) is 27.5 Å². The maximum Gasteiger partial charge on any atom is 0.251 e. The van der Waals surface area contributed by atoms with E-state index in [2.05, 4.69) is 20.6 Å². The quantitative estimate of drug-likeness (QED) is 0.695. The Hall–Kier alpha value is -2.05. The van der Waals surface area contributed by atoms with Crippen LogP contribution in [0.25, 0.3) is 0 Å². The van der Waals surface area contributed by atoms with Crippen molar-refractivity contribution < 1.29 is 4.79 Å². The standard InChI is InChI=1S/C21H27Cl2N5O/c1-13-8-19(28(2)3)27-21(25-13)24-12-14-4-6-18(7-5-14)26-20(29)15-9-16(22)11-17(23)10-15/h8-11,14,18H,4-7,12H2,1-3H3,(H,26,29)(H,24,25,27)/t14-,18+. The van der Waals surface area contributed by atoms with Gasteiger partial charge in [0.25, 0.3) is 5.91 Å². The summed E-state index contributed by atoms with van der Waals surface area (Å²) in [7, 11) is 3.94. The Kier molecular flexibility index (Phi) is 7.19. The third kappa shape index (κ3) is 6.21. The number of anilines is 2. The number of benzene rings is 1. The van der Waals surface area contributed by atoms with Gasteiger partial charge in [-0.3, -0.25) is 4.79 Å². The van der Waals surface area contributed by atoms with Gasteiger partial charge in [0, 0.05) is 54.1 Å². The van der Waals surface area contributed by atoms with Crippen molar-refractivity contribution in [2.24, 2.45) is 5.92 Å². The Morgan fingerprint density at radius 2 is 1.72 bits per heavy atom. The molecule has 0 saturated heterocycles. The smallest absolute Gasteiger partial charge is 0.251 e. The van der Waals surface area contributed by atoms with Gasteiger partial charge in [0.2, 0.25) is 5.95 Å². The monoisotopic (exact) mass is 435 g/mol. The molecular formula is C21H27Cl2N5O. The lowest BCUT2D eigenvalue weighted by molar-refractivity contribution is 0.0922. The van der Waals surface area contributed by atoms with Gasteiger partial charge < -0.3 is 15.5 Å². The van der Waals surface area contributed by atoms with E-state index in [1.165, 1.54) is 0 Å². The Morgan fingerprint density at radius 1 is 1.07 bits per heavy atom. The van der Waals surface area contributed by atoms with Crippen LogP contribution in [0, 0.1) is 12.8 Å². The highest BCUT2D eigenvalue weighted by Gasteiger charge is 2.23. The number of aromatic nitrogens is 2. The number of hydrogen-bond acceptors (Lipinski definition) is 5. The summed E-state index contributed by atoms with van der Waals surface area (Å²) in [4.78, 5) is 23.5. The highest BCUT2D eigenvalue weighted by molar-refractivity contribution is 6.35. The zero-order chi connectivity index (χ0) is 21.0. The Morgan fingerprint density at radius 3 is 2.34 bits per heavy atom. The van der Waals surface area contributed by atoms with Crippen molar-refractivity contribution in [1.29, 1.82) is 0 Å². The van der Waals surface area contributed by atoms with Crippen LogP contribution in [0.15, 0.2) is 24.3 Å². The third-order valence-corrected chi connectivity index (χ3v) is 5.59. The fourth-order valence-electron chi connectivity index (χ4n) is 3.56. The number of rotatable bonds is 6. The van der Waals surface area contributed by atoms with Crippen molar-refractivity contribution in [3.63, 3.8) is 0 Å². The summed E-state index contributed by atoms with van der Waals surface area (Å²) in [6, 6.07) is 7.04. The topological polar surface area (TPSA) is 70.2 Å². The second-order valence-electron chi connectivity index (χ2n) is 7.82. The van der Waals surface area contributed by atoms with Crippen molar-refractivity contribution in [1.82, 2.24) is 15.3 Å². The molecule has 8 heteroatoms. The molecule has 0 aliphatic heterocycles. The van der Waals surface area contributed by atoms with Crippen molar-refractivity contribution >= 4 is 40.9 Å². The van der Waals surface area contributed by atoms with Crippen molar-refractivity contribution in [3.8, 4) is 0 Å². The van der Waals surface area contributed by atoms with E-state index in [0.717, 1.165) is 43.7 Å². The van der Waals surface area contributed by atoms with Gasteiger partial charge in [0.15, 0.2) is 0 Å². The molecule has 2 aromatic rings. The molecule has 0 atom stereocenters. The van der Waals surface area contributed by atoms with Crippen LogP contribution in [-0.2, 0) is 0 Å². The molecule has 1 aromatic heterocycles. The van der Waals surface area contributed by atoms with Crippen LogP contribution >= 0.6 is 23.2 Å². The van der Waals surface area contributed by atoms with Crippen molar-refractivity contribution in [2.75, 3.05) is 30.9 Å². The van der Waals surface area contributed by atoms with Gasteiger partial charge in [-0.2, -0.15) is 4.98 Å². The average Bonchev–Trinajstić information content (AvgIpc) is 2.66. The summed E-state index contributed by atoms with van der Waals surface area (Å²) in [5.41, 5.74) is 1.44. The lowest BCUT2D eigenvalue weighted by Gasteiger charge is -2.29. The zero-order valence-electron chi connectivity index (χ0n) is 17.0. The first-order chi connectivity index (χ1) is 13.8. The molecule has 2 N–H and O–H groups in total. The molecule has 1 aromatic carbocycles. The molecule has 3 rings (SSSR count). The van der Waals surface area contributed by atoms with E-state index < -0.39 is 0 Å². The predicted octanol–water partition coefficient (Wildman–Crippen LogP) is 4.56. The number of amides is 1. The van der Waals surface area contributed by atoms with Gasteiger partial charge in [-0.1, -0.05) is 23.2 Å². The number of halogens is 2. The minimum atomic E-state index is -0.125. The lowest BCUT2D eigenvalue weighted by atomic mass is 9.86. The number of aryl methyl sites for hydroxylation is 1. The molecule has 6 nitrogen and oxygen atoms in total. The van der Waals surface area contributed by atoms with Gasteiger partial charge in [-0.25, -0.2) is 4.98 Å². The number of carbonyl (C=O) groups is 1. The molecule has 1 aliphatic carbocycles. The zero-order valence-corrected chi connectivity index (χ0v) is 18.5. The van der Waals surface area contributed by atoms with E-state index in [-0.39, 0.29) is 11.9 Å². The summed E-state index contributed by atoms with van der Waals surface area (Å²) in [5.74, 6) is 1.98. The van der Waals surface area contributed by atoms with Crippen molar-refractivity contribution in [3.05, 3.63) is 45.6 Å². The highest BCUT2D eigenvalue weighted by Crippen LogP contribution is 2.26. The third-order valence-electron chi connectivity index (χ3n) is 5.15. The summed E-state index contributed by atoms with van der Waals surface area (Å²) in [6.07, 6.45) is 3.98. The second kappa shape index (κ2) is 9.63. The lowest BCUT2D eigenvalue weighted by Crippen LogP contribution is -2.38. The Bertz CT molecular complexity index is 846. The Balaban J connectivity index is 1.48. The largest absolute Gasteiger partial charge is 0.363 e. The van der Waals surface area contributed by atoms with Crippen LogP contribution in [0.5, 0.6) is 0 Å². The molecule has 0 radical (unpaired) electrons. The van der Waals surface area contributed by atoms with Gasteiger partial charge in [0.1, 0.15) is 5.82 Å². The van der Waals surface area contributed by atoms with Crippen molar-refractivity contribution in [2.45, 2.75) is 38.6 Å². The first-order valence-corrected chi connectivity index (χ1v) is 10.6. The molecule has 1 amide bonds.